The van der Waals surface area contributed by atoms with Crippen LogP contribution in [0.5, 0.6) is 11.5 Å². The van der Waals surface area contributed by atoms with Gasteiger partial charge in [-0.25, -0.2) is 0 Å². The predicted molar refractivity (Wildman–Crippen MR) is 171 cm³/mol. The first-order valence-electron chi connectivity index (χ1n) is 15.5. The number of ether oxygens (including phenoxy) is 1. The lowest BCUT2D eigenvalue weighted by Gasteiger charge is -2.24. The monoisotopic (exact) mass is 609 g/mol. The topological polar surface area (TPSA) is 122 Å². The third-order valence-corrected chi connectivity index (χ3v) is 8.17. The number of benzene rings is 4. The van der Waals surface area contributed by atoms with Crippen LogP contribution in [-0.2, 0) is 16.0 Å². The zero-order valence-electron chi connectivity index (χ0n) is 27.6. The molecule has 4 aromatic rings. The minimum atomic E-state index is -2.91. The Morgan fingerprint density at radius 2 is 1.73 bits per heavy atom. The van der Waals surface area contributed by atoms with Crippen molar-refractivity contribution in [3.63, 3.8) is 0 Å². The van der Waals surface area contributed by atoms with Crippen LogP contribution in [0.3, 0.4) is 0 Å². The van der Waals surface area contributed by atoms with Gasteiger partial charge in [-0.3, -0.25) is 19.3 Å². The number of aromatic hydroxyl groups is 1. The number of phenols is 1. The lowest BCUT2D eigenvalue weighted by molar-refractivity contribution is -0.124. The van der Waals surface area contributed by atoms with Crippen LogP contribution in [0.2, 0.25) is 0 Å². The van der Waals surface area contributed by atoms with E-state index in [0.29, 0.717) is 5.69 Å². The van der Waals surface area contributed by atoms with Crippen LogP contribution in [0.1, 0.15) is 49.9 Å². The van der Waals surface area contributed by atoms with Crippen LogP contribution in [0.4, 0.5) is 5.69 Å². The van der Waals surface area contributed by atoms with Crippen LogP contribution in [0, 0.1) is 11.8 Å². The van der Waals surface area contributed by atoms with Gasteiger partial charge >= 0.3 is 0 Å². The number of methoxy groups -OCH3 is 1. The number of thioether (sulfide) groups is 1. The summed E-state index contributed by atoms with van der Waals surface area (Å²) in [6.07, 6.45) is -3.20. The minimum absolute atomic E-state index is 0.0609. The van der Waals surface area contributed by atoms with Gasteiger partial charge in [0.1, 0.15) is 5.37 Å². The Hall–Kier alpha value is -5.20. The maximum Gasteiger partial charge on any atom is 0.248 e. The summed E-state index contributed by atoms with van der Waals surface area (Å²) in [5, 5.41) is 10.4. The number of anilines is 1. The number of nitrogens with zero attached hydrogens (tertiary/aromatic N) is 1. The van der Waals surface area contributed by atoms with Crippen LogP contribution < -0.4 is 20.7 Å². The molecule has 44 heavy (non-hydrogen) atoms. The van der Waals surface area contributed by atoms with E-state index in [9.17, 15) is 19.5 Å². The molecule has 3 amide bonds. The number of nitrogens with two attached hydrogens (primary N) is 1. The number of rotatable bonds is 9. The van der Waals surface area contributed by atoms with E-state index in [0.717, 1.165) is 22.8 Å². The fraction of sp³-hybridized carbons (Fsp3) is 0.171. The molecule has 222 valence electrons. The number of aryl methyl sites for hydroxylation is 1. The summed E-state index contributed by atoms with van der Waals surface area (Å²) in [4.78, 5) is 40.5. The van der Waals surface area contributed by atoms with E-state index in [4.69, 9.17) is 16.0 Å². The molecule has 0 bridgehead atoms. The summed E-state index contributed by atoms with van der Waals surface area (Å²) in [6, 6.07) is 26.6. The van der Waals surface area contributed by atoms with E-state index in [-0.39, 0.29) is 22.6 Å². The molecule has 5 rings (SSSR count). The Kier molecular flexibility index (Phi) is 7.97. The van der Waals surface area contributed by atoms with Crippen molar-refractivity contribution >= 4 is 35.2 Å². The molecule has 0 radical (unpaired) electrons. The fourth-order valence-electron chi connectivity index (χ4n) is 4.52. The summed E-state index contributed by atoms with van der Waals surface area (Å²) in [5.74, 6) is 3.88. The summed E-state index contributed by atoms with van der Waals surface area (Å²) in [6.45, 7) is -2.91. The van der Waals surface area contributed by atoms with Crippen molar-refractivity contribution in [3.05, 3.63) is 125 Å². The third kappa shape index (κ3) is 7.22. The normalized spacial score (nSPS) is 17.8. The molecule has 0 aromatic heterocycles. The average Bonchev–Trinajstić information content (AvgIpc) is 3.39. The van der Waals surface area contributed by atoms with Gasteiger partial charge in [0.2, 0.25) is 17.7 Å². The van der Waals surface area contributed by atoms with Crippen LogP contribution in [-0.4, -0.2) is 41.7 Å². The highest BCUT2D eigenvalue weighted by Crippen LogP contribution is 2.46. The van der Waals surface area contributed by atoms with E-state index in [1.807, 2.05) is 54.6 Å². The number of hydrogen-bond donors (Lipinski definition) is 3. The largest absolute Gasteiger partial charge is 0.504 e. The molecule has 2 atom stereocenters. The predicted octanol–water partition coefficient (Wildman–Crippen LogP) is 4.80. The second-order valence-corrected chi connectivity index (χ2v) is 11.0. The van der Waals surface area contributed by atoms with E-state index >= 15 is 0 Å². The molecule has 4 N–H and O–H groups in total. The van der Waals surface area contributed by atoms with Crippen molar-refractivity contribution in [3.8, 4) is 23.3 Å². The van der Waals surface area contributed by atoms with Gasteiger partial charge < -0.3 is 20.9 Å². The van der Waals surface area contributed by atoms with Crippen molar-refractivity contribution in [1.82, 2.24) is 5.32 Å². The highest BCUT2D eigenvalue weighted by Gasteiger charge is 2.42. The fourth-order valence-corrected chi connectivity index (χ4v) is 5.98. The SMILES string of the molecule is [2H]C([2H])(NC(=O)C[C@H]1S[C@@H](c2ccc(C#Cc3ccccc3)cc2)N(c2cccc(C(N)=O)c2)C1=O)C([2H])([2H])c1ccc(O)c(OC)c1. The van der Waals surface area contributed by atoms with E-state index in [1.165, 1.54) is 48.0 Å². The molecular weight excluding hydrogens is 574 g/mol. The maximum absolute atomic E-state index is 13.9. The van der Waals surface area contributed by atoms with Gasteiger partial charge in [0.25, 0.3) is 0 Å². The number of carbonyl (C=O) groups is 3. The summed E-state index contributed by atoms with van der Waals surface area (Å²) < 4.78 is 38.8. The first-order valence-corrected chi connectivity index (χ1v) is 14.5. The van der Waals surface area contributed by atoms with Gasteiger partial charge in [0.05, 0.1) is 12.4 Å². The van der Waals surface area contributed by atoms with Crippen molar-refractivity contribution in [2.24, 2.45) is 5.73 Å². The van der Waals surface area contributed by atoms with Gasteiger partial charge in [-0.05, 0) is 72.1 Å². The van der Waals surface area contributed by atoms with Gasteiger partial charge in [-0.2, -0.15) is 0 Å². The van der Waals surface area contributed by atoms with Crippen molar-refractivity contribution in [1.29, 1.82) is 0 Å². The molecule has 0 unspecified atom stereocenters. The number of phenolic OH excluding ortho intramolecular Hbond substituents is 1. The van der Waals surface area contributed by atoms with Gasteiger partial charge in [-0.15, -0.1) is 11.8 Å². The molecule has 9 heteroatoms. The first kappa shape index (κ1) is 25.3. The van der Waals surface area contributed by atoms with Crippen LogP contribution in [0.15, 0.2) is 97.1 Å². The van der Waals surface area contributed by atoms with Gasteiger partial charge in [-0.1, -0.05) is 54.3 Å². The Balaban J connectivity index is 1.39. The Bertz CT molecular complexity index is 1910. The third-order valence-electron chi connectivity index (χ3n) is 6.73. The van der Waals surface area contributed by atoms with E-state index in [1.54, 1.807) is 12.1 Å². The summed E-state index contributed by atoms with van der Waals surface area (Å²) in [5.41, 5.74) is 8.24. The van der Waals surface area contributed by atoms with Gasteiger partial charge in [0.15, 0.2) is 11.5 Å². The number of nitrogens with one attached hydrogen (secondary N) is 1. The Morgan fingerprint density at radius 3 is 2.43 bits per heavy atom. The lowest BCUT2D eigenvalue weighted by atomic mass is 10.1. The molecule has 0 spiro atoms. The lowest BCUT2D eigenvalue weighted by Crippen LogP contribution is -2.34. The van der Waals surface area contributed by atoms with Crippen molar-refractivity contribution < 1.29 is 29.7 Å². The van der Waals surface area contributed by atoms with E-state index < -0.39 is 47.6 Å². The Labute approximate surface area is 265 Å². The Morgan fingerprint density at radius 1 is 1.00 bits per heavy atom. The van der Waals surface area contributed by atoms with Crippen LogP contribution in [0.25, 0.3) is 0 Å². The number of amides is 3. The number of carbonyl (C=O) groups excluding carboxylic acids is 3. The number of primary amides is 1. The molecule has 0 saturated carbocycles. The van der Waals surface area contributed by atoms with Crippen molar-refractivity contribution in [2.75, 3.05) is 18.5 Å². The van der Waals surface area contributed by atoms with E-state index in [2.05, 4.69) is 17.2 Å². The molecule has 4 aromatic carbocycles. The second kappa shape index (κ2) is 13.8. The molecule has 1 fully saturated rings. The second-order valence-electron chi connectivity index (χ2n) is 9.73. The number of hydrogen-bond acceptors (Lipinski definition) is 6. The molecule has 1 heterocycles. The zero-order chi connectivity index (χ0) is 34.6. The molecule has 1 aliphatic rings. The quantitative estimate of drug-likeness (QED) is 0.235. The summed E-state index contributed by atoms with van der Waals surface area (Å²) in [7, 11) is 1.27. The molecule has 0 aliphatic carbocycles. The maximum atomic E-state index is 13.9. The average molecular weight is 610 g/mol. The highest BCUT2D eigenvalue weighted by molar-refractivity contribution is 8.01. The highest BCUT2D eigenvalue weighted by atomic mass is 32.2. The molecule has 1 aliphatic heterocycles. The van der Waals surface area contributed by atoms with Crippen molar-refractivity contribution in [2.45, 2.75) is 23.4 Å². The first-order chi connectivity index (χ1) is 22.8. The smallest absolute Gasteiger partial charge is 0.248 e. The molecule has 1 saturated heterocycles. The zero-order valence-corrected chi connectivity index (χ0v) is 24.4. The van der Waals surface area contributed by atoms with Crippen LogP contribution >= 0.6 is 11.8 Å². The molecular formula is C35H31N3O5S. The standard InChI is InChI=1S/C35H31N3O5S/c1-43-30-20-25(14-17-29(30)39)18-19-37-32(40)22-31-34(42)38(28-9-5-8-27(21-28)33(36)41)35(44-31)26-15-12-24(13-16-26)11-10-23-6-3-2-4-7-23/h2-9,12-17,20-21,31,35,39H,18-19,22H2,1H3,(H2,36,41)(H,37,40)/t31-,35+/m1/s1/i18D2,19D2. The molecule has 8 nitrogen and oxygen atoms in total. The minimum Gasteiger partial charge on any atom is -0.504 e. The summed E-state index contributed by atoms with van der Waals surface area (Å²) >= 11 is 1.17. The van der Waals surface area contributed by atoms with Gasteiger partial charge in [0, 0.05) is 40.8 Å².